The number of nitrogens with zero attached hydrogens (tertiary/aromatic N) is 2. The molecule has 1 heterocycles. The Kier molecular flexibility index (Phi) is 29.8. The van der Waals surface area contributed by atoms with Crippen LogP contribution >= 0.6 is 23.2 Å². The number of hydrogen-bond acceptors (Lipinski definition) is 2. The molecule has 5 heteroatoms. The van der Waals surface area contributed by atoms with Crippen molar-refractivity contribution < 1.29 is 5.32 Å². The van der Waals surface area contributed by atoms with E-state index in [1.54, 1.807) is 0 Å². The van der Waals surface area contributed by atoms with Crippen LogP contribution in [-0.4, -0.2) is 13.1 Å². The lowest BCUT2D eigenvalue weighted by Gasteiger charge is -2.31. The normalized spacial score (nSPS) is 16.6. The van der Waals surface area contributed by atoms with Gasteiger partial charge in [0.15, 0.2) is 0 Å². The van der Waals surface area contributed by atoms with Gasteiger partial charge in [-0.2, -0.15) is 5.26 Å². The van der Waals surface area contributed by atoms with Crippen LogP contribution in [0.3, 0.4) is 0 Å². The fraction of sp³-hybridized carbons (Fsp3) is 0.655. The first kappa shape index (κ1) is 55.5. The molecule has 2 aromatic rings. The van der Waals surface area contributed by atoms with E-state index >= 15 is 0 Å². The summed E-state index contributed by atoms with van der Waals surface area (Å²) < 4.78 is 0. The third-order valence-corrected chi connectivity index (χ3v) is 13.0. The maximum atomic E-state index is 10.5. The average Bonchev–Trinajstić information content (AvgIpc) is 3.48. The van der Waals surface area contributed by atoms with Gasteiger partial charge in [0, 0.05) is 40.4 Å². The van der Waals surface area contributed by atoms with E-state index in [4.69, 9.17) is 23.2 Å². The fourth-order valence-corrected chi connectivity index (χ4v) is 9.14. The number of fused-ring (bicyclic) bond motifs is 1. The minimum atomic E-state index is -0.136. The molecule has 3 nitrogen and oxygen atoms in total. The van der Waals surface area contributed by atoms with Gasteiger partial charge in [-0.15, -0.1) is 0 Å². The summed E-state index contributed by atoms with van der Waals surface area (Å²) in [7, 11) is 0. The molecular weight excluding hydrogens is 774 g/mol. The van der Waals surface area contributed by atoms with Gasteiger partial charge in [-0.05, 0) is 81.9 Å². The summed E-state index contributed by atoms with van der Waals surface area (Å²) in [5.74, 6) is 0. The van der Waals surface area contributed by atoms with Crippen LogP contribution in [0.2, 0.25) is 10.0 Å². The van der Waals surface area contributed by atoms with Gasteiger partial charge < -0.3 is 10.2 Å². The highest BCUT2D eigenvalue weighted by atomic mass is 35.5. The van der Waals surface area contributed by atoms with Crippen molar-refractivity contribution in [3.05, 3.63) is 92.6 Å². The number of benzene rings is 2. The molecule has 0 saturated carbocycles. The molecule has 0 spiro atoms. The molecule has 0 aromatic heterocycles. The lowest BCUT2D eigenvalue weighted by molar-refractivity contribution is -0.572. The SMILES string of the molecule is CC.CC.CCCCCCCCCCC(C)(C/C=C/C(C#N)=C/C=C1/N(CCC)c2ccc(C)cc2C1(C)CCCCCCCCCC)c1cc(Cl)c(Cl)cc1[NH2+]CCC. The van der Waals surface area contributed by atoms with Crippen molar-refractivity contribution in [2.45, 2.75) is 222 Å². The molecule has 2 unspecified atom stereocenters. The molecule has 0 amide bonds. The van der Waals surface area contributed by atoms with Crippen LogP contribution in [0.15, 0.2) is 65.9 Å². The standard InChI is InChI=1S/C51H77Cl2N3.2C2H6/c1-8-12-14-16-18-20-22-24-32-50(6,43-38-45(52)46(53)39-47(43)55-35-10-3)33-26-27-42(40-54)29-31-49-51(7,34-25-23-21-19-17-15-13-9-2)44-37-41(5)28-30-48(44)56(49)36-11-4;2*1-2/h26-31,37-39,55H,8-25,32-36H2,1-7H3;2*1-2H3/p+1/b27-26+,42-29-,49-31+;;. The van der Waals surface area contributed by atoms with Crippen molar-refractivity contribution in [1.29, 1.82) is 5.26 Å². The lowest BCUT2D eigenvalue weighted by atomic mass is 9.74. The molecule has 60 heavy (non-hydrogen) atoms. The monoisotopic (exact) mass is 863 g/mol. The molecular formula is C55H90Cl2N3+. The summed E-state index contributed by atoms with van der Waals surface area (Å²) in [6.45, 7) is 26.1. The van der Waals surface area contributed by atoms with Gasteiger partial charge in [0.2, 0.25) is 0 Å². The van der Waals surface area contributed by atoms with E-state index in [1.807, 2.05) is 27.7 Å². The van der Waals surface area contributed by atoms with E-state index in [2.05, 4.69) is 119 Å². The van der Waals surface area contributed by atoms with Gasteiger partial charge in [-0.25, -0.2) is 0 Å². The number of aryl methyl sites for hydroxylation is 1. The molecule has 1 aliphatic heterocycles. The number of rotatable bonds is 28. The Morgan fingerprint density at radius 3 is 1.90 bits per heavy atom. The first-order chi connectivity index (χ1) is 29.1. The second-order valence-electron chi connectivity index (χ2n) is 17.3. The number of quaternary nitrogens is 1. The van der Waals surface area contributed by atoms with Crippen molar-refractivity contribution >= 4 is 34.6 Å². The summed E-state index contributed by atoms with van der Waals surface area (Å²) in [5, 5.41) is 14.0. The van der Waals surface area contributed by atoms with Crippen LogP contribution < -0.4 is 10.2 Å². The van der Waals surface area contributed by atoms with Crippen LogP contribution in [0.25, 0.3) is 0 Å². The zero-order valence-corrected chi connectivity index (χ0v) is 42.2. The average molecular weight is 864 g/mol. The molecule has 0 saturated heterocycles. The first-order valence-corrected chi connectivity index (χ1v) is 25.5. The molecule has 2 aromatic carbocycles. The van der Waals surface area contributed by atoms with Gasteiger partial charge in [-0.3, -0.25) is 0 Å². The molecule has 2 atom stereocenters. The summed E-state index contributed by atoms with van der Waals surface area (Å²) >= 11 is 13.3. The second kappa shape index (κ2) is 32.2. The summed E-state index contributed by atoms with van der Waals surface area (Å²) in [6, 6.07) is 13.7. The Hall–Kier alpha value is -2.51. The van der Waals surface area contributed by atoms with Gasteiger partial charge in [0.05, 0.1) is 28.2 Å². The number of hydrogen-bond donors (Lipinski definition) is 1. The van der Waals surface area contributed by atoms with Crippen LogP contribution in [0, 0.1) is 18.3 Å². The van der Waals surface area contributed by atoms with E-state index in [1.165, 1.54) is 136 Å². The minimum Gasteiger partial charge on any atom is -0.344 e. The highest BCUT2D eigenvalue weighted by Crippen LogP contribution is 2.51. The van der Waals surface area contributed by atoms with Crippen molar-refractivity contribution in [3.8, 4) is 6.07 Å². The third-order valence-electron chi connectivity index (χ3n) is 12.3. The van der Waals surface area contributed by atoms with Gasteiger partial charge in [-0.1, -0.05) is 212 Å². The van der Waals surface area contributed by atoms with Gasteiger partial charge >= 0.3 is 0 Å². The van der Waals surface area contributed by atoms with Crippen LogP contribution in [0.1, 0.15) is 221 Å². The van der Waals surface area contributed by atoms with Crippen LogP contribution in [0.4, 0.5) is 11.4 Å². The fourth-order valence-electron chi connectivity index (χ4n) is 8.80. The molecule has 3 rings (SSSR count). The Morgan fingerprint density at radius 1 is 0.767 bits per heavy atom. The number of anilines is 1. The quantitative estimate of drug-likeness (QED) is 0.0401. The van der Waals surface area contributed by atoms with E-state index in [0.29, 0.717) is 15.6 Å². The number of halogens is 2. The maximum absolute atomic E-state index is 10.5. The lowest BCUT2D eigenvalue weighted by Crippen LogP contribution is -2.78. The molecule has 2 N–H and O–H groups in total. The summed E-state index contributed by atoms with van der Waals surface area (Å²) in [4.78, 5) is 2.54. The van der Waals surface area contributed by atoms with E-state index in [9.17, 15) is 5.26 Å². The predicted molar refractivity (Wildman–Crippen MR) is 269 cm³/mol. The number of nitrogens with two attached hydrogens (primary N) is 1. The zero-order chi connectivity index (χ0) is 44.8. The Morgan fingerprint density at radius 2 is 1.33 bits per heavy atom. The largest absolute Gasteiger partial charge is 0.344 e. The number of unbranched alkanes of at least 4 members (excludes halogenated alkanes) is 14. The Labute approximate surface area is 381 Å². The highest BCUT2D eigenvalue weighted by molar-refractivity contribution is 6.42. The molecule has 0 aliphatic carbocycles. The van der Waals surface area contributed by atoms with Gasteiger partial charge in [0.1, 0.15) is 5.69 Å². The van der Waals surface area contributed by atoms with Crippen molar-refractivity contribution in [2.24, 2.45) is 0 Å². The van der Waals surface area contributed by atoms with E-state index in [-0.39, 0.29) is 10.8 Å². The van der Waals surface area contributed by atoms with E-state index < -0.39 is 0 Å². The highest BCUT2D eigenvalue weighted by Gasteiger charge is 2.42. The molecule has 0 bridgehead atoms. The Bertz CT molecular complexity index is 1600. The molecule has 0 radical (unpaired) electrons. The smallest absolute Gasteiger partial charge is 0.134 e. The van der Waals surface area contributed by atoms with Crippen molar-refractivity contribution in [3.63, 3.8) is 0 Å². The molecule has 0 fully saturated rings. The number of nitriles is 1. The third kappa shape index (κ3) is 18.1. The topological polar surface area (TPSA) is 43.6 Å². The molecule has 338 valence electrons. The van der Waals surface area contributed by atoms with Crippen molar-refractivity contribution in [2.75, 3.05) is 18.0 Å². The molecule has 1 aliphatic rings. The van der Waals surface area contributed by atoms with Gasteiger partial charge in [0.25, 0.3) is 0 Å². The Balaban J connectivity index is 0.00000436. The van der Waals surface area contributed by atoms with Crippen LogP contribution in [-0.2, 0) is 10.8 Å². The van der Waals surface area contributed by atoms with Crippen molar-refractivity contribution in [1.82, 2.24) is 0 Å². The van der Waals surface area contributed by atoms with Crippen LogP contribution in [0.5, 0.6) is 0 Å². The zero-order valence-electron chi connectivity index (χ0n) is 40.7. The predicted octanol–water partition coefficient (Wildman–Crippen LogP) is 17.7. The first-order valence-electron chi connectivity index (χ1n) is 24.8. The second-order valence-corrected chi connectivity index (χ2v) is 18.1. The van der Waals surface area contributed by atoms with E-state index in [0.717, 1.165) is 45.2 Å². The summed E-state index contributed by atoms with van der Waals surface area (Å²) in [5.41, 5.74) is 8.35. The minimum absolute atomic E-state index is 0.0900. The summed E-state index contributed by atoms with van der Waals surface area (Å²) in [6.07, 6.45) is 34.7. The number of allylic oxidation sites excluding steroid dienone is 6. The maximum Gasteiger partial charge on any atom is 0.134 e.